The van der Waals surface area contributed by atoms with Crippen LogP contribution in [-0.4, -0.2) is 21.5 Å². The van der Waals surface area contributed by atoms with Gasteiger partial charge in [-0.05, 0) is 25.1 Å². The topological polar surface area (TPSA) is 50.7 Å². The summed E-state index contributed by atoms with van der Waals surface area (Å²) in [4.78, 5) is 15.2. The summed E-state index contributed by atoms with van der Waals surface area (Å²) in [7, 11) is 0. The molecule has 0 atom stereocenters. The molecule has 0 saturated heterocycles. The second kappa shape index (κ2) is 5.32. The first-order chi connectivity index (χ1) is 9.33. The SMILES string of the molecule is Cc1cc2c(NCCc3ccccn3)ncnc2s1. The predicted octanol–water partition coefficient (Wildman–Crippen LogP) is 3.05. The lowest BCUT2D eigenvalue weighted by molar-refractivity contribution is 0.954. The molecule has 0 unspecified atom stereocenters. The van der Waals surface area contributed by atoms with Gasteiger partial charge in [-0.25, -0.2) is 9.97 Å². The third-order valence-corrected chi connectivity index (χ3v) is 3.81. The summed E-state index contributed by atoms with van der Waals surface area (Å²) >= 11 is 1.69. The summed E-state index contributed by atoms with van der Waals surface area (Å²) < 4.78 is 0. The van der Waals surface area contributed by atoms with Gasteiger partial charge in [-0.15, -0.1) is 11.3 Å². The van der Waals surface area contributed by atoms with Crippen LogP contribution in [0, 0.1) is 6.92 Å². The van der Waals surface area contributed by atoms with Crippen molar-refractivity contribution in [2.24, 2.45) is 0 Å². The van der Waals surface area contributed by atoms with Crippen molar-refractivity contribution in [2.75, 3.05) is 11.9 Å². The Balaban J connectivity index is 1.72. The lowest BCUT2D eigenvalue weighted by atomic mass is 10.2. The zero-order chi connectivity index (χ0) is 13.1. The first-order valence-corrected chi connectivity index (χ1v) is 6.99. The largest absolute Gasteiger partial charge is 0.369 e. The molecule has 0 aromatic carbocycles. The average molecular weight is 270 g/mol. The van der Waals surface area contributed by atoms with Crippen molar-refractivity contribution >= 4 is 27.4 Å². The van der Waals surface area contributed by atoms with Gasteiger partial charge in [0.1, 0.15) is 17.0 Å². The summed E-state index contributed by atoms with van der Waals surface area (Å²) in [6.45, 7) is 2.90. The molecule has 0 spiro atoms. The average Bonchev–Trinajstić information content (AvgIpc) is 2.81. The summed E-state index contributed by atoms with van der Waals surface area (Å²) in [5, 5.41) is 4.47. The number of aromatic nitrogens is 3. The summed E-state index contributed by atoms with van der Waals surface area (Å²) in [6.07, 6.45) is 4.32. The summed E-state index contributed by atoms with van der Waals surface area (Å²) in [6, 6.07) is 8.10. The van der Waals surface area contributed by atoms with Crippen LogP contribution in [0.5, 0.6) is 0 Å². The molecule has 0 aliphatic carbocycles. The standard InChI is InChI=1S/C14H14N4S/c1-10-8-12-13(17-9-18-14(12)19-10)16-7-5-11-4-2-3-6-15-11/h2-4,6,8-9H,5,7H2,1H3,(H,16,17,18). The number of thiophene rings is 1. The van der Waals surface area contributed by atoms with E-state index in [9.17, 15) is 0 Å². The van der Waals surface area contributed by atoms with Gasteiger partial charge < -0.3 is 5.32 Å². The number of rotatable bonds is 4. The number of aryl methyl sites for hydroxylation is 1. The van der Waals surface area contributed by atoms with Crippen molar-refractivity contribution in [1.29, 1.82) is 0 Å². The maximum absolute atomic E-state index is 4.32. The number of hydrogen-bond acceptors (Lipinski definition) is 5. The fourth-order valence-electron chi connectivity index (χ4n) is 1.97. The third kappa shape index (κ3) is 2.71. The quantitative estimate of drug-likeness (QED) is 0.791. The Morgan fingerprint density at radius 1 is 1.21 bits per heavy atom. The van der Waals surface area contributed by atoms with Crippen LogP contribution in [-0.2, 0) is 6.42 Å². The van der Waals surface area contributed by atoms with Crippen molar-refractivity contribution in [2.45, 2.75) is 13.3 Å². The lowest BCUT2D eigenvalue weighted by Gasteiger charge is -2.05. The van der Waals surface area contributed by atoms with Crippen molar-refractivity contribution in [3.8, 4) is 0 Å². The number of fused-ring (bicyclic) bond motifs is 1. The Morgan fingerprint density at radius 3 is 3.00 bits per heavy atom. The normalized spacial score (nSPS) is 10.8. The number of nitrogens with zero attached hydrogens (tertiary/aromatic N) is 3. The van der Waals surface area contributed by atoms with Gasteiger partial charge in [0, 0.05) is 29.7 Å². The van der Waals surface area contributed by atoms with E-state index in [-0.39, 0.29) is 0 Å². The molecule has 4 nitrogen and oxygen atoms in total. The molecule has 0 aliphatic rings. The molecular weight excluding hydrogens is 256 g/mol. The molecule has 19 heavy (non-hydrogen) atoms. The number of hydrogen-bond donors (Lipinski definition) is 1. The molecule has 96 valence electrons. The maximum Gasteiger partial charge on any atom is 0.138 e. The Labute approximate surface area is 115 Å². The molecule has 0 radical (unpaired) electrons. The molecule has 3 heterocycles. The smallest absolute Gasteiger partial charge is 0.138 e. The highest BCUT2D eigenvalue weighted by Crippen LogP contribution is 2.27. The number of pyridine rings is 1. The van der Waals surface area contributed by atoms with E-state index in [1.165, 1.54) is 4.88 Å². The molecule has 0 aliphatic heterocycles. The van der Waals surface area contributed by atoms with Gasteiger partial charge in [0.2, 0.25) is 0 Å². The Morgan fingerprint density at radius 2 is 2.16 bits per heavy atom. The zero-order valence-electron chi connectivity index (χ0n) is 10.6. The first-order valence-electron chi connectivity index (χ1n) is 6.18. The molecule has 0 fully saturated rings. The van der Waals surface area contributed by atoms with Crippen molar-refractivity contribution < 1.29 is 0 Å². The minimum Gasteiger partial charge on any atom is -0.369 e. The number of anilines is 1. The van der Waals surface area contributed by atoms with Crippen LogP contribution < -0.4 is 5.32 Å². The number of nitrogens with one attached hydrogen (secondary N) is 1. The molecular formula is C14H14N4S. The zero-order valence-corrected chi connectivity index (χ0v) is 11.4. The van der Waals surface area contributed by atoms with Crippen molar-refractivity contribution in [3.63, 3.8) is 0 Å². The molecule has 0 amide bonds. The van der Waals surface area contributed by atoms with Gasteiger partial charge in [-0.2, -0.15) is 0 Å². The molecule has 3 aromatic rings. The third-order valence-electron chi connectivity index (χ3n) is 2.85. The lowest BCUT2D eigenvalue weighted by Crippen LogP contribution is -2.07. The van der Waals surface area contributed by atoms with E-state index in [0.29, 0.717) is 0 Å². The Hall–Kier alpha value is -2.01. The summed E-state index contributed by atoms with van der Waals surface area (Å²) in [5.74, 6) is 0.908. The second-order valence-electron chi connectivity index (χ2n) is 4.30. The van der Waals surface area contributed by atoms with E-state index in [1.807, 2.05) is 24.4 Å². The van der Waals surface area contributed by atoms with Gasteiger partial charge in [0.15, 0.2) is 0 Å². The Bertz CT molecular complexity index is 678. The van der Waals surface area contributed by atoms with Crippen LogP contribution >= 0.6 is 11.3 Å². The first kappa shape index (κ1) is 12.0. The van der Waals surface area contributed by atoms with Crippen LogP contribution in [0.2, 0.25) is 0 Å². The monoisotopic (exact) mass is 270 g/mol. The van der Waals surface area contributed by atoms with Gasteiger partial charge in [-0.1, -0.05) is 6.07 Å². The van der Waals surface area contributed by atoms with E-state index in [4.69, 9.17) is 0 Å². The van der Waals surface area contributed by atoms with Crippen molar-refractivity contribution in [3.05, 3.63) is 47.4 Å². The Kier molecular flexibility index (Phi) is 3.37. The highest BCUT2D eigenvalue weighted by molar-refractivity contribution is 7.18. The van der Waals surface area contributed by atoms with Gasteiger partial charge in [0.05, 0.1) is 5.39 Å². The van der Waals surface area contributed by atoms with E-state index < -0.39 is 0 Å². The van der Waals surface area contributed by atoms with Crippen molar-refractivity contribution in [1.82, 2.24) is 15.0 Å². The van der Waals surface area contributed by atoms with Gasteiger partial charge in [-0.3, -0.25) is 4.98 Å². The molecule has 3 aromatic heterocycles. The predicted molar refractivity (Wildman–Crippen MR) is 78.6 cm³/mol. The van der Waals surface area contributed by atoms with E-state index in [2.05, 4.69) is 33.3 Å². The molecule has 0 bridgehead atoms. The minimum absolute atomic E-state index is 0.817. The molecule has 0 saturated carbocycles. The molecule has 3 rings (SSSR count). The van der Waals surface area contributed by atoms with Crippen LogP contribution in [0.4, 0.5) is 5.82 Å². The van der Waals surface area contributed by atoms with E-state index >= 15 is 0 Å². The minimum atomic E-state index is 0.817. The van der Waals surface area contributed by atoms with E-state index in [0.717, 1.165) is 34.7 Å². The van der Waals surface area contributed by atoms with Crippen LogP contribution in [0.3, 0.4) is 0 Å². The fraction of sp³-hybridized carbons (Fsp3) is 0.214. The van der Waals surface area contributed by atoms with Crippen LogP contribution in [0.1, 0.15) is 10.6 Å². The highest BCUT2D eigenvalue weighted by Gasteiger charge is 2.06. The van der Waals surface area contributed by atoms with Crippen LogP contribution in [0.15, 0.2) is 36.8 Å². The summed E-state index contributed by atoms with van der Waals surface area (Å²) in [5.41, 5.74) is 1.08. The maximum atomic E-state index is 4.32. The highest BCUT2D eigenvalue weighted by atomic mass is 32.1. The fourth-order valence-corrected chi connectivity index (χ4v) is 2.82. The van der Waals surface area contributed by atoms with Gasteiger partial charge >= 0.3 is 0 Å². The molecule has 5 heteroatoms. The second-order valence-corrected chi connectivity index (χ2v) is 5.53. The van der Waals surface area contributed by atoms with Crippen LogP contribution in [0.25, 0.3) is 10.2 Å². The van der Waals surface area contributed by atoms with E-state index in [1.54, 1.807) is 17.7 Å². The molecule has 1 N–H and O–H groups in total. The van der Waals surface area contributed by atoms with Gasteiger partial charge in [0.25, 0.3) is 0 Å².